The first-order chi connectivity index (χ1) is 38.1. The third-order valence-electron chi connectivity index (χ3n) is 17.1. The summed E-state index contributed by atoms with van der Waals surface area (Å²) in [5.74, 6) is 0. The molecule has 3 heterocycles. The monoisotopic (exact) mass is 1030 g/mol. The minimum Gasteiger partial charge on any atom is -0.399 e. The summed E-state index contributed by atoms with van der Waals surface area (Å²) >= 11 is 0. The minimum absolute atomic E-state index is 0.451. The van der Waals surface area contributed by atoms with E-state index in [0.29, 0.717) is 0 Å². The summed E-state index contributed by atoms with van der Waals surface area (Å²) in [6.07, 6.45) is 0. The molecule has 7 nitrogen and oxygen atoms in total. The van der Waals surface area contributed by atoms with Crippen molar-refractivity contribution in [2.24, 2.45) is 0 Å². The molecule has 0 spiro atoms. The Morgan fingerprint density at radius 3 is 1.04 bits per heavy atom. The molecule has 0 aliphatic carbocycles. The maximum absolute atomic E-state index is 6.52. The van der Waals surface area contributed by atoms with Crippen molar-refractivity contribution >= 4 is 91.9 Å². The van der Waals surface area contributed by atoms with E-state index < -0.39 is 36.6 Å². The molecule has 0 radical (unpaired) electrons. The Hall–Kier alpha value is -8.17. The van der Waals surface area contributed by atoms with Crippen molar-refractivity contribution in [3.8, 4) is 27.9 Å². The van der Waals surface area contributed by atoms with Gasteiger partial charge in [0.25, 0.3) is 0 Å². The van der Waals surface area contributed by atoms with Gasteiger partial charge in [-0.1, -0.05) is 146 Å². The lowest BCUT2D eigenvalue weighted by Gasteiger charge is -2.32. The molecule has 13 rings (SSSR count). The van der Waals surface area contributed by atoms with Crippen LogP contribution in [0.3, 0.4) is 0 Å². The molecule has 0 bridgehead atoms. The topological polar surface area (TPSA) is 48.3 Å². The molecule has 1 aromatic heterocycles. The van der Waals surface area contributed by atoms with Crippen molar-refractivity contribution < 1.29 is 18.6 Å². The van der Waals surface area contributed by atoms with Gasteiger partial charge in [-0.15, -0.1) is 0 Å². The Morgan fingerprint density at radius 1 is 0.304 bits per heavy atom. The van der Waals surface area contributed by atoms with E-state index in [1.807, 2.05) is 0 Å². The maximum Gasteiger partial charge on any atom is 0.494 e. The van der Waals surface area contributed by atoms with Gasteiger partial charge in [-0.2, -0.15) is 0 Å². The van der Waals surface area contributed by atoms with Gasteiger partial charge in [-0.05, 0) is 185 Å². The van der Waals surface area contributed by atoms with Crippen molar-refractivity contribution in [1.82, 2.24) is 4.57 Å². The van der Waals surface area contributed by atoms with E-state index >= 15 is 0 Å². The Balaban J connectivity index is 0.986. The predicted molar refractivity (Wildman–Crippen MR) is 330 cm³/mol. The Labute approximate surface area is 464 Å². The van der Waals surface area contributed by atoms with E-state index in [-0.39, 0.29) is 0 Å². The minimum atomic E-state index is -0.474. The standard InChI is InChI=1S/C70H63B2N3O4/c1-67(2)68(3,4)77-71(76-67)53-30-38-57(39-31-53)73(55-34-26-50(27-35-55)48-18-11-9-12-19-48)59-42-44-65-62(46-59)63-47-60(43-45-66(63)75(65)64-25-17-23-52-22-15-16-24-61(52)64)74(56-36-28-51(29-37-56)49-20-13-10-14-21-49)58-40-32-54(33-41-58)72-78-69(5,6)70(7,8)79-72/h9-47H,1-8H3. The third-order valence-corrected chi connectivity index (χ3v) is 17.1. The Morgan fingerprint density at radius 2 is 0.633 bits per heavy atom. The summed E-state index contributed by atoms with van der Waals surface area (Å²) < 4.78 is 28.5. The average molecular weight is 1030 g/mol. The van der Waals surface area contributed by atoms with Crippen LogP contribution in [0.5, 0.6) is 0 Å². The number of hydrogen-bond donors (Lipinski definition) is 0. The second-order valence-corrected chi connectivity index (χ2v) is 23.1. The molecule has 0 saturated carbocycles. The van der Waals surface area contributed by atoms with Crippen LogP contribution in [-0.4, -0.2) is 41.2 Å². The van der Waals surface area contributed by atoms with Crippen molar-refractivity contribution in [3.05, 3.63) is 237 Å². The van der Waals surface area contributed by atoms with Crippen molar-refractivity contribution in [3.63, 3.8) is 0 Å². The summed E-state index contributed by atoms with van der Waals surface area (Å²) in [6, 6.07) is 85.3. The van der Waals surface area contributed by atoms with Gasteiger partial charge < -0.3 is 33.0 Å². The van der Waals surface area contributed by atoms with Crippen molar-refractivity contribution in [1.29, 1.82) is 0 Å². The quantitative estimate of drug-likeness (QED) is 0.120. The molecule has 0 N–H and O–H groups in total. The fraction of sp³-hybridized carbons (Fsp3) is 0.171. The molecule has 2 aliphatic heterocycles. The van der Waals surface area contributed by atoms with Crippen LogP contribution in [-0.2, 0) is 18.6 Å². The lowest BCUT2D eigenvalue weighted by atomic mass is 9.79. The molecule has 9 heteroatoms. The fourth-order valence-corrected chi connectivity index (χ4v) is 11.2. The van der Waals surface area contributed by atoms with E-state index in [2.05, 4.69) is 306 Å². The van der Waals surface area contributed by atoms with Crippen LogP contribution in [0.1, 0.15) is 55.4 Å². The van der Waals surface area contributed by atoms with Crippen LogP contribution in [0.2, 0.25) is 0 Å². The second kappa shape index (κ2) is 19.3. The molecule has 0 amide bonds. The molecular weight excluding hydrogens is 968 g/mol. The van der Waals surface area contributed by atoms with E-state index in [9.17, 15) is 0 Å². The van der Waals surface area contributed by atoms with Crippen molar-refractivity contribution in [2.45, 2.75) is 77.8 Å². The fourth-order valence-electron chi connectivity index (χ4n) is 11.2. The van der Waals surface area contributed by atoms with Gasteiger partial charge in [-0.25, -0.2) is 0 Å². The molecule has 10 aromatic carbocycles. The summed E-state index contributed by atoms with van der Waals surface area (Å²) in [5, 5.41) is 4.61. The molecule has 11 aromatic rings. The highest BCUT2D eigenvalue weighted by Gasteiger charge is 2.52. The summed E-state index contributed by atoms with van der Waals surface area (Å²) in [5.41, 5.74) is 14.3. The highest BCUT2D eigenvalue weighted by Crippen LogP contribution is 2.45. The van der Waals surface area contributed by atoms with Gasteiger partial charge in [0.05, 0.1) is 39.1 Å². The number of anilines is 6. The zero-order valence-electron chi connectivity index (χ0n) is 46.1. The lowest BCUT2D eigenvalue weighted by Crippen LogP contribution is -2.41. The van der Waals surface area contributed by atoms with Crippen LogP contribution in [0.4, 0.5) is 34.1 Å². The van der Waals surface area contributed by atoms with Gasteiger partial charge in [-0.3, -0.25) is 0 Å². The SMILES string of the molecule is CC1(C)OB(c2ccc(N(c3ccc(-c4ccccc4)cc3)c3ccc4c(c3)c3cc(N(c5ccc(B6OC(C)(C)C(C)(C)O6)cc5)c5ccc(-c6ccccc6)cc5)ccc3n4-c3cccc4ccccc34)cc2)OC1(C)C. The van der Waals surface area contributed by atoms with Crippen LogP contribution in [0.25, 0.3) is 60.5 Å². The molecular formula is C70H63B2N3O4. The highest BCUT2D eigenvalue weighted by molar-refractivity contribution is 6.62. The molecule has 0 atom stereocenters. The first kappa shape index (κ1) is 50.3. The number of nitrogens with zero attached hydrogens (tertiary/aromatic N) is 3. The van der Waals surface area contributed by atoms with Gasteiger partial charge >= 0.3 is 14.2 Å². The number of fused-ring (bicyclic) bond motifs is 4. The van der Waals surface area contributed by atoms with Gasteiger partial charge in [0.1, 0.15) is 0 Å². The molecule has 2 aliphatic rings. The van der Waals surface area contributed by atoms with E-state index in [0.717, 1.165) is 83.7 Å². The van der Waals surface area contributed by atoms with Crippen LogP contribution >= 0.6 is 0 Å². The number of benzene rings is 10. The molecule has 2 saturated heterocycles. The number of hydrogen-bond acceptors (Lipinski definition) is 6. The van der Waals surface area contributed by atoms with Crippen LogP contribution in [0.15, 0.2) is 237 Å². The smallest absolute Gasteiger partial charge is 0.399 e. The lowest BCUT2D eigenvalue weighted by molar-refractivity contribution is 0.00578. The van der Waals surface area contributed by atoms with E-state index in [1.165, 1.54) is 21.9 Å². The predicted octanol–water partition coefficient (Wildman–Crippen LogP) is 16.8. The number of aromatic nitrogens is 1. The Bertz CT molecular complexity index is 3770. The maximum atomic E-state index is 6.52. The van der Waals surface area contributed by atoms with Gasteiger partial charge in [0, 0.05) is 50.3 Å². The molecule has 79 heavy (non-hydrogen) atoms. The summed E-state index contributed by atoms with van der Waals surface area (Å²) in [7, 11) is -0.948. The number of rotatable bonds is 11. The van der Waals surface area contributed by atoms with E-state index in [4.69, 9.17) is 18.6 Å². The van der Waals surface area contributed by atoms with Crippen LogP contribution < -0.4 is 20.7 Å². The normalized spacial score (nSPS) is 16.3. The largest absolute Gasteiger partial charge is 0.494 e. The van der Waals surface area contributed by atoms with E-state index in [1.54, 1.807) is 0 Å². The summed E-state index contributed by atoms with van der Waals surface area (Å²) in [4.78, 5) is 4.71. The average Bonchev–Trinajstić information content (AvgIpc) is 4.09. The molecule has 388 valence electrons. The second-order valence-electron chi connectivity index (χ2n) is 23.1. The van der Waals surface area contributed by atoms with Crippen molar-refractivity contribution in [2.75, 3.05) is 9.80 Å². The zero-order valence-corrected chi connectivity index (χ0v) is 46.1. The van der Waals surface area contributed by atoms with Crippen LogP contribution in [0, 0.1) is 0 Å². The third kappa shape index (κ3) is 9.01. The highest BCUT2D eigenvalue weighted by atomic mass is 16.7. The zero-order chi connectivity index (χ0) is 54.3. The first-order valence-corrected chi connectivity index (χ1v) is 27.5. The van der Waals surface area contributed by atoms with Gasteiger partial charge in [0.15, 0.2) is 0 Å². The molecule has 0 unspecified atom stereocenters. The first-order valence-electron chi connectivity index (χ1n) is 27.5. The molecule has 2 fully saturated rings. The summed E-state index contributed by atoms with van der Waals surface area (Å²) in [6.45, 7) is 16.8. The Kier molecular flexibility index (Phi) is 12.3. The van der Waals surface area contributed by atoms with Gasteiger partial charge in [0.2, 0.25) is 0 Å².